The van der Waals surface area contributed by atoms with Gasteiger partial charge in [0.05, 0.1) is 6.10 Å². The number of hydrogen-bond acceptors (Lipinski definition) is 4. The lowest BCUT2D eigenvalue weighted by Crippen LogP contribution is -2.49. The van der Waals surface area contributed by atoms with Crippen LogP contribution < -0.4 is 10.6 Å². The summed E-state index contributed by atoms with van der Waals surface area (Å²) in [6.45, 7) is 14.9. The van der Waals surface area contributed by atoms with Crippen molar-refractivity contribution in [2.45, 2.75) is 103 Å². The predicted octanol–water partition coefficient (Wildman–Crippen LogP) is 3.95. The number of rotatable bonds is 20. The van der Waals surface area contributed by atoms with Gasteiger partial charge in [-0.25, -0.2) is 0 Å². The van der Waals surface area contributed by atoms with Crippen LogP contribution in [0.15, 0.2) is 25.3 Å². The lowest BCUT2D eigenvalue weighted by atomic mass is 10.1. The minimum absolute atomic E-state index is 0.0211. The highest BCUT2D eigenvalue weighted by atomic mass is 16.3. The first-order valence-corrected chi connectivity index (χ1v) is 12.0. The summed E-state index contributed by atoms with van der Waals surface area (Å²) >= 11 is 0. The molecule has 0 saturated carbocycles. The number of hydrogen-bond donors (Lipinski definition) is 3. The lowest BCUT2D eigenvalue weighted by Gasteiger charge is -2.30. The molecule has 0 aliphatic carbocycles. The number of carbonyl (C=O) groups is 2. The molecule has 6 heteroatoms. The molecule has 0 bridgehead atoms. The fraction of sp³-hybridized carbons (Fsp3) is 0.760. The van der Waals surface area contributed by atoms with Crippen LogP contribution in [-0.4, -0.2) is 59.6 Å². The molecular weight excluding hydrogens is 390 g/mol. The molecule has 0 aromatic heterocycles. The summed E-state index contributed by atoms with van der Waals surface area (Å²) in [6.07, 6.45) is 12.4. The summed E-state index contributed by atoms with van der Waals surface area (Å²) in [4.78, 5) is 26.4. The zero-order chi connectivity index (χ0) is 23.5. The molecule has 3 N–H and O–H groups in total. The summed E-state index contributed by atoms with van der Waals surface area (Å²) in [5.41, 5.74) is 0. The Labute approximate surface area is 190 Å². The number of unbranched alkanes of at least 4 members (excludes halogenated alkanes) is 6. The molecule has 0 radical (unpaired) electrons. The Bertz CT molecular complexity index is 468. The molecule has 0 spiro atoms. The van der Waals surface area contributed by atoms with E-state index in [0.717, 1.165) is 51.4 Å². The molecule has 3 atom stereocenters. The van der Waals surface area contributed by atoms with Crippen LogP contribution in [0.5, 0.6) is 0 Å². The van der Waals surface area contributed by atoms with Gasteiger partial charge in [-0.1, -0.05) is 25.0 Å². The fourth-order valence-electron chi connectivity index (χ4n) is 3.66. The van der Waals surface area contributed by atoms with E-state index in [1.165, 1.54) is 0 Å². The number of allylic oxidation sites excluding steroid dienone is 2. The van der Waals surface area contributed by atoms with Crippen molar-refractivity contribution < 1.29 is 14.7 Å². The molecule has 0 saturated heterocycles. The lowest BCUT2D eigenvalue weighted by molar-refractivity contribution is -0.122. The molecule has 0 aliphatic rings. The third-order valence-corrected chi connectivity index (χ3v) is 5.03. The van der Waals surface area contributed by atoms with Gasteiger partial charge in [-0.05, 0) is 59.3 Å². The van der Waals surface area contributed by atoms with Crippen molar-refractivity contribution >= 4 is 11.8 Å². The molecule has 0 rings (SSSR count). The van der Waals surface area contributed by atoms with Gasteiger partial charge in [0.25, 0.3) is 0 Å². The largest absolute Gasteiger partial charge is 0.392 e. The van der Waals surface area contributed by atoms with Crippen molar-refractivity contribution in [1.82, 2.24) is 15.5 Å². The smallest absolute Gasteiger partial charge is 0.220 e. The van der Waals surface area contributed by atoms with Crippen LogP contribution >= 0.6 is 0 Å². The van der Waals surface area contributed by atoms with Gasteiger partial charge in [0.15, 0.2) is 0 Å². The highest BCUT2D eigenvalue weighted by Gasteiger charge is 2.17. The molecule has 0 aromatic rings. The van der Waals surface area contributed by atoms with E-state index in [0.29, 0.717) is 32.5 Å². The normalized spacial score (nSPS) is 14.0. The Morgan fingerprint density at radius 1 is 0.774 bits per heavy atom. The highest BCUT2D eigenvalue weighted by Crippen LogP contribution is 2.05. The quantitative estimate of drug-likeness (QED) is 0.199. The summed E-state index contributed by atoms with van der Waals surface area (Å²) in [6, 6.07) is -0.0422. The number of aliphatic hydroxyl groups is 1. The Kier molecular flexibility index (Phi) is 18.0. The molecule has 180 valence electrons. The van der Waals surface area contributed by atoms with Crippen LogP contribution in [0.3, 0.4) is 0 Å². The second-order valence-corrected chi connectivity index (χ2v) is 8.78. The summed E-state index contributed by atoms with van der Waals surface area (Å²) < 4.78 is 0. The molecule has 0 heterocycles. The van der Waals surface area contributed by atoms with Crippen molar-refractivity contribution in [2.75, 3.05) is 19.6 Å². The van der Waals surface area contributed by atoms with Crippen LogP contribution in [0.25, 0.3) is 0 Å². The van der Waals surface area contributed by atoms with Gasteiger partial charge in [-0.3, -0.25) is 14.5 Å². The minimum atomic E-state index is -0.472. The second-order valence-electron chi connectivity index (χ2n) is 8.78. The van der Waals surface area contributed by atoms with Crippen molar-refractivity contribution in [2.24, 2.45) is 0 Å². The molecule has 6 nitrogen and oxygen atoms in total. The monoisotopic (exact) mass is 437 g/mol. The zero-order valence-corrected chi connectivity index (χ0v) is 20.2. The number of amides is 2. The Morgan fingerprint density at radius 2 is 1.19 bits per heavy atom. The standard InChI is InChI=1S/C25H47N3O3/c1-6-8-10-12-14-16-24(30)26-21(3)18-28(20-23(5)29)19-22(4)27-25(31)17-15-13-11-9-7-2/h6-7,21-23,29H,1-2,8-20H2,3-5H3,(H,26,30)(H,27,31). The first kappa shape index (κ1) is 29.3. The molecule has 3 unspecified atom stereocenters. The van der Waals surface area contributed by atoms with Gasteiger partial charge < -0.3 is 15.7 Å². The average molecular weight is 438 g/mol. The van der Waals surface area contributed by atoms with Gasteiger partial charge >= 0.3 is 0 Å². The van der Waals surface area contributed by atoms with E-state index in [1.807, 2.05) is 26.0 Å². The maximum Gasteiger partial charge on any atom is 0.220 e. The summed E-state index contributed by atoms with van der Waals surface area (Å²) in [7, 11) is 0. The molecule has 0 aromatic carbocycles. The molecule has 0 fully saturated rings. The van der Waals surface area contributed by atoms with Gasteiger partial charge in [0.2, 0.25) is 11.8 Å². The van der Waals surface area contributed by atoms with Gasteiger partial charge in [-0.15, -0.1) is 13.2 Å². The van der Waals surface area contributed by atoms with Crippen LogP contribution in [0.1, 0.15) is 85.0 Å². The maximum absolute atomic E-state index is 12.2. The van der Waals surface area contributed by atoms with Crippen LogP contribution in [0.4, 0.5) is 0 Å². The summed E-state index contributed by atoms with van der Waals surface area (Å²) in [5.74, 6) is 0.141. The van der Waals surface area contributed by atoms with Gasteiger partial charge in [0, 0.05) is 44.6 Å². The number of aliphatic hydroxyl groups excluding tert-OH is 1. The van der Waals surface area contributed by atoms with Crippen LogP contribution in [-0.2, 0) is 9.59 Å². The SMILES string of the molecule is C=CCCCCCC(=O)NC(C)CN(CC(C)O)CC(C)NC(=O)CCCCCC=C. The van der Waals surface area contributed by atoms with E-state index in [9.17, 15) is 14.7 Å². The first-order chi connectivity index (χ1) is 14.8. The maximum atomic E-state index is 12.2. The van der Waals surface area contributed by atoms with E-state index in [4.69, 9.17) is 0 Å². The van der Waals surface area contributed by atoms with E-state index in [1.54, 1.807) is 6.92 Å². The summed E-state index contributed by atoms with van der Waals surface area (Å²) in [5, 5.41) is 16.0. The van der Waals surface area contributed by atoms with Crippen LogP contribution in [0.2, 0.25) is 0 Å². The highest BCUT2D eigenvalue weighted by molar-refractivity contribution is 5.76. The Balaban J connectivity index is 4.32. The Morgan fingerprint density at radius 3 is 1.55 bits per heavy atom. The third-order valence-electron chi connectivity index (χ3n) is 5.03. The third kappa shape index (κ3) is 18.8. The van der Waals surface area contributed by atoms with Crippen molar-refractivity contribution in [1.29, 1.82) is 0 Å². The second kappa shape index (κ2) is 19.1. The van der Waals surface area contributed by atoms with E-state index in [-0.39, 0.29) is 23.9 Å². The van der Waals surface area contributed by atoms with E-state index in [2.05, 4.69) is 28.7 Å². The average Bonchev–Trinajstić information content (AvgIpc) is 2.66. The van der Waals surface area contributed by atoms with Gasteiger partial charge in [-0.2, -0.15) is 0 Å². The molecule has 31 heavy (non-hydrogen) atoms. The number of carbonyl (C=O) groups excluding carboxylic acids is 2. The topological polar surface area (TPSA) is 81.7 Å². The molecule has 0 aliphatic heterocycles. The zero-order valence-electron chi connectivity index (χ0n) is 20.2. The van der Waals surface area contributed by atoms with E-state index >= 15 is 0 Å². The number of nitrogens with one attached hydrogen (secondary N) is 2. The minimum Gasteiger partial charge on any atom is -0.392 e. The number of nitrogens with zero attached hydrogens (tertiary/aromatic N) is 1. The predicted molar refractivity (Wildman–Crippen MR) is 130 cm³/mol. The fourth-order valence-corrected chi connectivity index (χ4v) is 3.66. The van der Waals surface area contributed by atoms with Gasteiger partial charge in [0.1, 0.15) is 0 Å². The van der Waals surface area contributed by atoms with E-state index < -0.39 is 6.10 Å². The Hall–Kier alpha value is -1.66. The van der Waals surface area contributed by atoms with Crippen molar-refractivity contribution in [3.8, 4) is 0 Å². The first-order valence-electron chi connectivity index (χ1n) is 12.0. The van der Waals surface area contributed by atoms with Crippen molar-refractivity contribution in [3.05, 3.63) is 25.3 Å². The van der Waals surface area contributed by atoms with Crippen LogP contribution in [0, 0.1) is 0 Å². The van der Waals surface area contributed by atoms with Crippen molar-refractivity contribution in [3.63, 3.8) is 0 Å². The molecular formula is C25H47N3O3. The molecule has 2 amide bonds.